The van der Waals surface area contributed by atoms with Gasteiger partial charge in [-0.3, -0.25) is 0 Å². The molecule has 0 heterocycles. The molecule has 0 saturated carbocycles. The molecule has 0 spiro atoms. The lowest BCUT2D eigenvalue weighted by molar-refractivity contribution is 0.0725. The number of rotatable bonds is 12. The molecule has 8 aromatic rings. The van der Waals surface area contributed by atoms with E-state index in [1.807, 2.05) is 109 Å². The molecule has 0 aliphatic carbocycles. The maximum Gasteiger partial charge on any atom is 0.343 e. The Hall–Kier alpha value is -7.78. The van der Waals surface area contributed by atoms with Crippen molar-refractivity contribution in [1.29, 1.82) is 0 Å². The first-order valence-corrected chi connectivity index (χ1v) is 23.6. The number of hydrogen-bond donors (Lipinski definition) is 0. The normalized spacial score (nSPS) is 10.0. The number of halogens is 2. The van der Waals surface area contributed by atoms with Gasteiger partial charge in [-0.2, -0.15) is 0 Å². The first-order chi connectivity index (χ1) is 34.0. The number of esters is 4. The Labute approximate surface area is 420 Å². The molecular weight excluding hydrogens is 920 g/mol. The van der Waals surface area contributed by atoms with E-state index in [9.17, 15) is 19.2 Å². The van der Waals surface area contributed by atoms with Gasteiger partial charge >= 0.3 is 23.9 Å². The Morgan fingerprint density at radius 1 is 0.286 bits per heavy atom. The Balaban J connectivity index is 0.000000174. The van der Waals surface area contributed by atoms with Crippen LogP contribution in [0.25, 0.3) is 0 Å². The van der Waals surface area contributed by atoms with E-state index in [4.69, 9.17) is 42.1 Å². The molecule has 10 heteroatoms. The summed E-state index contributed by atoms with van der Waals surface area (Å²) in [7, 11) is 0. The summed E-state index contributed by atoms with van der Waals surface area (Å²) in [6, 6.07) is 61.3. The molecule has 8 aromatic carbocycles. The zero-order valence-electron chi connectivity index (χ0n) is 39.5. The van der Waals surface area contributed by atoms with E-state index >= 15 is 0 Å². The van der Waals surface area contributed by atoms with Crippen LogP contribution < -0.4 is 18.9 Å². The van der Waals surface area contributed by atoms with Crippen LogP contribution in [0.4, 0.5) is 0 Å². The van der Waals surface area contributed by atoms with E-state index in [0.29, 0.717) is 55.3 Å². The molecule has 0 unspecified atom stereocenters. The first-order valence-electron chi connectivity index (χ1n) is 22.8. The summed E-state index contributed by atoms with van der Waals surface area (Å²) in [6.45, 7) is 8.33. The maximum absolute atomic E-state index is 11.8. The van der Waals surface area contributed by atoms with Crippen LogP contribution >= 0.6 is 23.2 Å². The van der Waals surface area contributed by atoms with E-state index in [2.05, 4.69) is 27.7 Å². The van der Waals surface area contributed by atoms with E-state index in [1.54, 1.807) is 97.1 Å². The zero-order valence-corrected chi connectivity index (χ0v) is 41.0. The van der Waals surface area contributed by atoms with Crippen LogP contribution in [0.2, 0.25) is 10.0 Å². The molecular formula is C60H54Cl2O8. The molecule has 0 aliphatic rings. The summed E-state index contributed by atoms with van der Waals surface area (Å²) in [5.41, 5.74) is 6.97. The molecule has 0 bridgehead atoms. The maximum atomic E-state index is 11.8. The van der Waals surface area contributed by atoms with Gasteiger partial charge in [0.2, 0.25) is 0 Å². The van der Waals surface area contributed by atoms with Crippen molar-refractivity contribution in [3.8, 4) is 23.0 Å². The van der Waals surface area contributed by atoms with Crippen molar-refractivity contribution in [1.82, 2.24) is 0 Å². The molecule has 0 atom stereocenters. The van der Waals surface area contributed by atoms with Gasteiger partial charge in [0.15, 0.2) is 0 Å². The Morgan fingerprint density at radius 3 is 0.686 bits per heavy atom. The number of carbonyl (C=O) groups excluding carboxylic acids is 4. The smallest absolute Gasteiger partial charge is 0.343 e. The average Bonchev–Trinajstić information content (AvgIpc) is 3.41. The summed E-state index contributed by atoms with van der Waals surface area (Å²) >= 11 is 11.5. The molecule has 70 heavy (non-hydrogen) atoms. The van der Waals surface area contributed by atoms with E-state index in [1.165, 1.54) is 22.3 Å². The van der Waals surface area contributed by atoms with Gasteiger partial charge in [0.1, 0.15) is 23.0 Å². The summed E-state index contributed by atoms with van der Waals surface area (Å²) in [5.74, 6) is 0.850. The van der Waals surface area contributed by atoms with Gasteiger partial charge in [-0.05, 0) is 169 Å². The number of aryl methyl sites for hydroxylation is 4. The van der Waals surface area contributed by atoms with Crippen molar-refractivity contribution in [2.24, 2.45) is 0 Å². The highest BCUT2D eigenvalue weighted by molar-refractivity contribution is 6.31. The molecule has 8 rings (SSSR count). The zero-order chi connectivity index (χ0) is 50.1. The van der Waals surface area contributed by atoms with Crippen LogP contribution in [-0.2, 0) is 25.7 Å². The highest BCUT2D eigenvalue weighted by atomic mass is 35.5. The van der Waals surface area contributed by atoms with Gasteiger partial charge in [0.05, 0.1) is 22.3 Å². The van der Waals surface area contributed by atoms with Gasteiger partial charge in [0, 0.05) is 10.0 Å². The van der Waals surface area contributed by atoms with Crippen LogP contribution in [-0.4, -0.2) is 23.9 Å². The van der Waals surface area contributed by atoms with Crippen LogP contribution in [0.15, 0.2) is 206 Å². The topological polar surface area (TPSA) is 105 Å². The Bertz CT molecular complexity index is 2630. The highest BCUT2D eigenvalue weighted by Crippen LogP contribution is 2.19. The standard InChI is InChI=1S/2C15H13ClO2.2C15H14O2/c2*1-2-11-3-9-14(10-4-11)18-15(17)12-5-7-13(16)8-6-12;2*1-2-12-8-10-14(11-9-12)17-15(16)13-6-4-3-5-7-13/h2*3-10H,2H2,1H3;2*3-11H,2H2,1H3. The molecule has 0 amide bonds. The minimum atomic E-state index is -0.379. The molecule has 356 valence electrons. The highest BCUT2D eigenvalue weighted by Gasteiger charge is 2.11. The van der Waals surface area contributed by atoms with Crippen molar-refractivity contribution in [2.45, 2.75) is 53.4 Å². The lowest BCUT2D eigenvalue weighted by atomic mass is 10.2. The third-order valence-electron chi connectivity index (χ3n) is 10.3. The van der Waals surface area contributed by atoms with Crippen LogP contribution in [0.3, 0.4) is 0 Å². The summed E-state index contributed by atoms with van der Waals surface area (Å²) in [6.07, 6.45) is 3.89. The fraction of sp³-hybridized carbons (Fsp3) is 0.133. The molecule has 0 radical (unpaired) electrons. The number of carbonyl (C=O) groups is 4. The fourth-order valence-electron chi connectivity index (χ4n) is 6.16. The average molecular weight is 974 g/mol. The van der Waals surface area contributed by atoms with Gasteiger partial charge in [-0.1, -0.05) is 136 Å². The summed E-state index contributed by atoms with van der Waals surface area (Å²) in [4.78, 5) is 47.1. The van der Waals surface area contributed by atoms with Gasteiger partial charge in [-0.25, -0.2) is 19.2 Å². The quantitative estimate of drug-likeness (QED) is 0.0880. The number of hydrogen-bond acceptors (Lipinski definition) is 8. The summed E-state index contributed by atoms with van der Waals surface area (Å²) < 4.78 is 21.0. The van der Waals surface area contributed by atoms with Crippen molar-refractivity contribution >= 4 is 47.1 Å². The van der Waals surface area contributed by atoms with Crippen LogP contribution in [0.1, 0.15) is 91.4 Å². The van der Waals surface area contributed by atoms with E-state index < -0.39 is 0 Å². The molecule has 0 aromatic heterocycles. The van der Waals surface area contributed by atoms with Gasteiger partial charge < -0.3 is 18.9 Å². The van der Waals surface area contributed by atoms with Crippen LogP contribution in [0.5, 0.6) is 23.0 Å². The lowest BCUT2D eigenvalue weighted by Crippen LogP contribution is -2.08. The largest absolute Gasteiger partial charge is 0.423 e. The number of ether oxygens (including phenoxy) is 4. The monoisotopic (exact) mass is 972 g/mol. The van der Waals surface area contributed by atoms with Crippen molar-refractivity contribution in [2.75, 3.05) is 0 Å². The predicted octanol–water partition coefficient (Wildman–Crippen LogP) is 15.2. The molecule has 0 N–H and O–H groups in total. The molecule has 0 fully saturated rings. The molecule has 0 aliphatic heterocycles. The third-order valence-corrected chi connectivity index (χ3v) is 10.9. The number of benzene rings is 8. The first kappa shape index (κ1) is 53.2. The Kier molecular flexibility index (Phi) is 21.7. The van der Waals surface area contributed by atoms with Crippen LogP contribution in [0, 0.1) is 0 Å². The second-order valence-corrected chi connectivity index (χ2v) is 16.2. The second-order valence-electron chi connectivity index (χ2n) is 15.3. The minimum absolute atomic E-state index is 0.324. The van der Waals surface area contributed by atoms with Crippen molar-refractivity contribution in [3.05, 3.63) is 261 Å². The Morgan fingerprint density at radius 2 is 0.486 bits per heavy atom. The summed E-state index contributed by atoms with van der Waals surface area (Å²) in [5, 5.41) is 1.19. The van der Waals surface area contributed by atoms with Crippen molar-refractivity contribution in [3.63, 3.8) is 0 Å². The predicted molar refractivity (Wildman–Crippen MR) is 279 cm³/mol. The van der Waals surface area contributed by atoms with Crippen molar-refractivity contribution < 1.29 is 38.1 Å². The van der Waals surface area contributed by atoms with Gasteiger partial charge in [0.25, 0.3) is 0 Å². The van der Waals surface area contributed by atoms with Gasteiger partial charge in [-0.15, -0.1) is 0 Å². The fourth-order valence-corrected chi connectivity index (χ4v) is 6.41. The van der Waals surface area contributed by atoms with E-state index in [0.717, 1.165) is 25.7 Å². The minimum Gasteiger partial charge on any atom is -0.423 e. The molecule has 8 nitrogen and oxygen atoms in total. The third kappa shape index (κ3) is 18.0. The second kappa shape index (κ2) is 28.5. The van der Waals surface area contributed by atoms with E-state index in [-0.39, 0.29) is 23.9 Å². The SMILES string of the molecule is CCc1ccc(OC(=O)c2ccc(Cl)cc2)cc1.CCc1ccc(OC(=O)c2ccc(Cl)cc2)cc1.CCc1ccc(OC(=O)c2ccccc2)cc1.CCc1ccc(OC(=O)c2ccccc2)cc1. The molecule has 0 saturated heterocycles. The lowest BCUT2D eigenvalue weighted by Gasteiger charge is -2.05.